The molecule has 0 bridgehead atoms. The van der Waals surface area contributed by atoms with Crippen LogP contribution in [0.5, 0.6) is 0 Å². The Morgan fingerprint density at radius 1 is 0.387 bits per heavy atom. The minimum absolute atomic E-state index is 0.200. The van der Waals surface area contributed by atoms with E-state index in [2.05, 4.69) is 15.9 Å². The Labute approximate surface area is 413 Å². The van der Waals surface area contributed by atoms with Gasteiger partial charge in [-0.2, -0.15) is 132 Å². The molecule has 0 unspecified atom stereocenters. The first kappa shape index (κ1) is 59.5. The number of aromatic nitrogens is 1. The molecule has 29 heteroatoms. The number of alkyl halides is 25. The number of carbonyl (C=O) groups is 1. The largest absolute Gasteiger partial charge is 0.446 e. The SMILES string of the molecule is FC(F)(F)c1cc([B-](c2cc(C(F)(F)F)cc(C(F)(F)F)c2)(c2cc(C(F)(F)F)cc(C(F)(F)F)c2)c2cc(C(F)(F)F)cc(C(F)(F)F)c2)cc(C(F)(F)F)c1.O=C(OCBr)c1cccc[n+]1Cc1ccccc1. The van der Waals surface area contributed by atoms with Gasteiger partial charge < -0.3 is 4.74 Å². The van der Waals surface area contributed by atoms with Crippen molar-refractivity contribution in [3.63, 3.8) is 0 Å². The minimum Gasteiger partial charge on any atom is -0.446 e. The van der Waals surface area contributed by atoms with Gasteiger partial charge in [-0.15, -0.1) is 0 Å². The lowest BCUT2D eigenvalue weighted by Gasteiger charge is -2.46. The zero-order valence-electron chi connectivity index (χ0n) is 36.3. The molecule has 1 aromatic heterocycles. The number of nitrogens with zero attached hydrogens (tertiary/aromatic N) is 1. The molecule has 0 atom stereocenters. The van der Waals surface area contributed by atoms with E-state index in [0.29, 0.717) is 12.2 Å². The van der Waals surface area contributed by atoms with Gasteiger partial charge in [0.2, 0.25) is 0 Å². The smallest absolute Gasteiger partial charge is 0.416 e. The summed E-state index contributed by atoms with van der Waals surface area (Å²) in [7, 11) is 0. The highest BCUT2D eigenvalue weighted by Gasteiger charge is 2.47. The van der Waals surface area contributed by atoms with Gasteiger partial charge >= 0.3 is 55.4 Å². The monoisotopic (exact) mass is 1170 g/mol. The van der Waals surface area contributed by atoms with Crippen LogP contribution in [0.3, 0.4) is 0 Å². The average Bonchev–Trinajstić information content (AvgIpc) is 3.27. The third-order valence-electron chi connectivity index (χ3n) is 11.0. The Morgan fingerprint density at radius 2 is 0.640 bits per heavy atom. The fraction of sp³-hybridized carbons (Fsp3) is 0.217. The molecule has 0 aliphatic carbocycles. The summed E-state index contributed by atoms with van der Waals surface area (Å²) in [5, 5.41) is 0. The van der Waals surface area contributed by atoms with E-state index in [1.54, 1.807) is 6.07 Å². The summed E-state index contributed by atoms with van der Waals surface area (Å²) in [6.07, 6.45) is -52.9. The number of benzene rings is 5. The van der Waals surface area contributed by atoms with Gasteiger partial charge in [-0.3, -0.25) is 0 Å². The lowest BCUT2D eigenvalue weighted by atomic mass is 9.12. The lowest BCUT2D eigenvalue weighted by molar-refractivity contribution is -0.690. The maximum Gasteiger partial charge on any atom is 0.416 e. The van der Waals surface area contributed by atoms with E-state index in [1.165, 1.54) is 0 Å². The first-order valence-electron chi connectivity index (χ1n) is 20.2. The Bertz CT molecular complexity index is 2570. The van der Waals surface area contributed by atoms with Crippen molar-refractivity contribution >= 4 is 49.9 Å². The average molecular weight is 1170 g/mol. The molecule has 6 aromatic rings. The molecule has 3 nitrogen and oxygen atoms in total. The normalized spacial score (nSPS) is 13.3. The summed E-state index contributed by atoms with van der Waals surface area (Å²) >= 11 is 3.09. The van der Waals surface area contributed by atoms with Crippen LogP contribution in [0.15, 0.2) is 128 Å². The predicted octanol–water partition coefficient (Wildman–Crippen LogP) is 13.7. The number of hydrogen-bond acceptors (Lipinski definition) is 2. The molecule has 0 fully saturated rings. The zero-order valence-corrected chi connectivity index (χ0v) is 37.9. The quantitative estimate of drug-likeness (QED) is 0.0500. The van der Waals surface area contributed by atoms with Crippen molar-refractivity contribution in [3.05, 3.63) is 183 Å². The Kier molecular flexibility index (Phi) is 16.6. The molecule has 0 N–H and O–H groups in total. The molecule has 75 heavy (non-hydrogen) atoms. The fourth-order valence-electron chi connectivity index (χ4n) is 7.77. The van der Waals surface area contributed by atoms with Crippen LogP contribution in [0.2, 0.25) is 0 Å². The Morgan fingerprint density at radius 3 is 0.880 bits per heavy atom. The van der Waals surface area contributed by atoms with Gasteiger partial charge in [0, 0.05) is 17.7 Å². The molecule has 404 valence electrons. The lowest BCUT2D eigenvalue weighted by Crippen LogP contribution is -2.75. The maximum atomic E-state index is 14.2. The molecule has 1 heterocycles. The van der Waals surface area contributed by atoms with Crippen LogP contribution in [-0.4, -0.2) is 17.6 Å². The van der Waals surface area contributed by atoms with Crippen LogP contribution < -0.4 is 26.4 Å². The summed E-state index contributed by atoms with van der Waals surface area (Å²) in [4.78, 5) is 11.8. The van der Waals surface area contributed by atoms with E-state index in [9.17, 15) is 110 Å². The van der Waals surface area contributed by atoms with E-state index in [1.807, 2.05) is 53.2 Å². The summed E-state index contributed by atoms with van der Waals surface area (Å²) in [6.45, 7) is 0.647. The summed E-state index contributed by atoms with van der Waals surface area (Å²) in [6, 6.07) is 6.66. The zero-order chi connectivity index (χ0) is 56.7. The molecule has 0 aliphatic rings. The highest BCUT2D eigenvalue weighted by molar-refractivity contribution is 9.09. The highest BCUT2D eigenvalue weighted by atomic mass is 79.9. The second kappa shape index (κ2) is 21.0. The maximum absolute atomic E-state index is 14.2. The van der Waals surface area contributed by atoms with Crippen LogP contribution in [0.4, 0.5) is 105 Å². The van der Waals surface area contributed by atoms with Crippen LogP contribution in [0.1, 0.15) is 60.6 Å². The molecule has 0 saturated carbocycles. The summed E-state index contributed by atoms with van der Waals surface area (Å²) < 4.78 is 348. The second-order valence-corrected chi connectivity index (χ2v) is 16.4. The van der Waals surface area contributed by atoms with Crippen molar-refractivity contribution in [2.45, 2.75) is 56.0 Å². The van der Waals surface area contributed by atoms with E-state index < -0.39 is 195 Å². The van der Waals surface area contributed by atoms with Crippen LogP contribution in [0.25, 0.3) is 0 Å². The third kappa shape index (κ3) is 14.1. The number of pyridine rings is 1. The van der Waals surface area contributed by atoms with Gasteiger partial charge in [-0.1, -0.05) is 78.9 Å². The van der Waals surface area contributed by atoms with Gasteiger partial charge in [0.1, 0.15) is 11.7 Å². The van der Waals surface area contributed by atoms with Gasteiger partial charge in [0.05, 0.1) is 44.5 Å². The number of esters is 1. The van der Waals surface area contributed by atoms with E-state index in [0.717, 1.165) is 5.56 Å². The van der Waals surface area contributed by atoms with Gasteiger partial charge in [0.25, 0.3) is 5.69 Å². The van der Waals surface area contributed by atoms with Crippen LogP contribution in [0, 0.1) is 0 Å². The first-order chi connectivity index (χ1) is 34.1. The van der Waals surface area contributed by atoms with Crippen molar-refractivity contribution in [2.75, 3.05) is 5.52 Å². The summed E-state index contributed by atoms with van der Waals surface area (Å²) in [5.74, 6) is -0.330. The minimum atomic E-state index is -6.13. The predicted molar refractivity (Wildman–Crippen MR) is 221 cm³/mol. The Hall–Kier alpha value is -6.42. The number of ether oxygens (including phenoxy) is 1. The number of halogens is 25. The molecule has 6 rings (SSSR count). The second-order valence-electron chi connectivity index (χ2n) is 16.0. The molecule has 5 aromatic carbocycles. The molecular weight excluding hydrogens is 1150 g/mol. The first-order valence-corrected chi connectivity index (χ1v) is 21.3. The third-order valence-corrected chi connectivity index (χ3v) is 11.2. The van der Waals surface area contributed by atoms with E-state index in [-0.39, 0.29) is 11.5 Å². The van der Waals surface area contributed by atoms with Crippen LogP contribution in [-0.2, 0) is 60.7 Å². The number of hydrogen-bond donors (Lipinski definition) is 0. The topological polar surface area (TPSA) is 30.2 Å². The number of rotatable bonds is 8. The standard InChI is InChI=1S/C32H12BF24.C14H13BrNO2/c34-25(35,36)13-1-14(26(37,38)39)6-21(5-13)33(22-7-15(27(40,41)42)2-16(8-22)28(43,44)45,23-9-17(29(46,47)48)3-18(10-23)30(49,50)51)24-11-19(31(52,53)54)4-20(12-24)32(55,56)57;15-11-18-14(17)13-8-4-5-9-16(13)10-12-6-2-1-3-7-12/h1-12H;1-9H,10-11H2/q-1;+1. The molecule has 0 spiro atoms. The van der Waals surface area contributed by atoms with Gasteiger partial charge in [-0.25, -0.2) is 4.79 Å². The highest BCUT2D eigenvalue weighted by Crippen LogP contribution is 2.41. The molecular formula is C46H25BBrF24NO2. The van der Waals surface area contributed by atoms with Crippen molar-refractivity contribution in [1.29, 1.82) is 0 Å². The molecule has 0 radical (unpaired) electrons. The van der Waals surface area contributed by atoms with E-state index >= 15 is 0 Å². The fourth-order valence-corrected chi connectivity index (χ4v) is 7.98. The van der Waals surface area contributed by atoms with Crippen molar-refractivity contribution in [2.24, 2.45) is 0 Å². The Balaban J connectivity index is 0.000000483. The van der Waals surface area contributed by atoms with Gasteiger partial charge in [-0.05, 0) is 46.3 Å². The van der Waals surface area contributed by atoms with Crippen molar-refractivity contribution < 1.29 is 119 Å². The van der Waals surface area contributed by atoms with Crippen molar-refractivity contribution in [1.82, 2.24) is 0 Å². The molecule has 0 amide bonds. The molecule has 0 saturated heterocycles. The van der Waals surface area contributed by atoms with Crippen molar-refractivity contribution in [3.8, 4) is 0 Å². The number of carbonyl (C=O) groups excluding carboxylic acids is 1. The molecule has 0 aliphatic heterocycles. The summed E-state index contributed by atoms with van der Waals surface area (Å²) in [5.41, 5.74) is -28.3. The van der Waals surface area contributed by atoms with Crippen LogP contribution >= 0.6 is 15.9 Å². The van der Waals surface area contributed by atoms with Gasteiger partial charge in [0.15, 0.2) is 12.7 Å². The van der Waals surface area contributed by atoms with E-state index in [4.69, 9.17) is 4.74 Å².